The first-order chi connectivity index (χ1) is 9.63. The Morgan fingerprint density at radius 2 is 2.05 bits per heavy atom. The zero-order valence-electron chi connectivity index (χ0n) is 13.5. The number of aliphatic imine (C=N–C) groups is 1. The fraction of sp³-hybridized carbons (Fsp3) is 0.938. The molecule has 5 heteroatoms. The van der Waals surface area contributed by atoms with Crippen molar-refractivity contribution >= 4 is 29.9 Å². The Labute approximate surface area is 145 Å². The van der Waals surface area contributed by atoms with E-state index >= 15 is 0 Å². The van der Waals surface area contributed by atoms with Gasteiger partial charge in [0.15, 0.2) is 5.96 Å². The molecule has 122 valence electrons. The van der Waals surface area contributed by atoms with Crippen LogP contribution in [0.5, 0.6) is 0 Å². The zero-order valence-corrected chi connectivity index (χ0v) is 15.9. The fourth-order valence-corrected chi connectivity index (χ4v) is 3.98. The summed E-state index contributed by atoms with van der Waals surface area (Å²) in [7, 11) is 0. The highest BCUT2D eigenvalue weighted by Crippen LogP contribution is 2.52. The first-order valence-electron chi connectivity index (χ1n) is 8.29. The summed E-state index contributed by atoms with van der Waals surface area (Å²) in [6, 6.07) is 0.495. The molecule has 3 atom stereocenters. The highest BCUT2D eigenvalue weighted by atomic mass is 127. The topological polar surface area (TPSA) is 45.7 Å². The number of hydrogen-bond acceptors (Lipinski definition) is 2. The molecule has 0 radical (unpaired) electrons. The third kappa shape index (κ3) is 3.33. The monoisotopic (exact) mass is 407 g/mol. The molecule has 0 aromatic rings. The lowest BCUT2D eigenvalue weighted by molar-refractivity contribution is -0.106. The van der Waals surface area contributed by atoms with Crippen molar-refractivity contribution in [2.24, 2.45) is 22.2 Å². The lowest BCUT2D eigenvalue weighted by Gasteiger charge is -2.55. The molecule has 1 aliphatic heterocycles. The van der Waals surface area contributed by atoms with E-state index in [1.54, 1.807) is 0 Å². The van der Waals surface area contributed by atoms with Crippen LogP contribution in [0.2, 0.25) is 0 Å². The van der Waals surface area contributed by atoms with E-state index in [4.69, 9.17) is 9.73 Å². The van der Waals surface area contributed by atoms with E-state index in [9.17, 15) is 0 Å². The number of guanidine groups is 1. The van der Waals surface area contributed by atoms with Crippen molar-refractivity contribution in [3.05, 3.63) is 0 Å². The van der Waals surface area contributed by atoms with Gasteiger partial charge in [0.05, 0.1) is 6.10 Å². The van der Waals surface area contributed by atoms with Crippen LogP contribution in [0.15, 0.2) is 4.99 Å². The Kier molecular flexibility index (Phi) is 5.79. The smallest absolute Gasteiger partial charge is 0.191 e. The summed E-state index contributed by atoms with van der Waals surface area (Å²) in [6.45, 7) is 9.58. The molecule has 0 bridgehead atoms. The van der Waals surface area contributed by atoms with Gasteiger partial charge in [-0.1, -0.05) is 20.3 Å². The highest BCUT2D eigenvalue weighted by molar-refractivity contribution is 14.0. The SMILES string of the molecule is CCNC(=NCC1CCC1)NC1C2CCOC2C1(C)C.I. The lowest BCUT2D eigenvalue weighted by Crippen LogP contribution is -2.68. The number of hydrogen-bond donors (Lipinski definition) is 2. The number of nitrogens with one attached hydrogen (secondary N) is 2. The Balaban J connectivity index is 0.00000161. The van der Waals surface area contributed by atoms with Crippen molar-refractivity contribution in [1.82, 2.24) is 10.6 Å². The predicted molar refractivity (Wildman–Crippen MR) is 97.3 cm³/mol. The fourth-order valence-electron chi connectivity index (χ4n) is 3.98. The van der Waals surface area contributed by atoms with Crippen LogP contribution >= 0.6 is 24.0 Å². The molecule has 0 amide bonds. The Bertz CT molecular complexity index is 382. The standard InChI is InChI=1S/C16H29N3O.HI/c1-4-17-15(18-10-11-6-5-7-11)19-13-12-8-9-20-14(12)16(13,2)3;/h11-14H,4-10H2,1-3H3,(H2,17,18,19);1H. The summed E-state index contributed by atoms with van der Waals surface area (Å²) in [5.41, 5.74) is 0.216. The minimum absolute atomic E-state index is 0. The zero-order chi connectivity index (χ0) is 14.2. The van der Waals surface area contributed by atoms with Gasteiger partial charge in [-0.25, -0.2) is 0 Å². The minimum atomic E-state index is 0. The normalized spacial score (nSPS) is 34.2. The summed E-state index contributed by atoms with van der Waals surface area (Å²) < 4.78 is 5.86. The van der Waals surface area contributed by atoms with Crippen molar-refractivity contribution in [3.63, 3.8) is 0 Å². The van der Waals surface area contributed by atoms with E-state index < -0.39 is 0 Å². The predicted octanol–water partition coefficient (Wildman–Crippen LogP) is 2.77. The van der Waals surface area contributed by atoms with Crippen LogP contribution in [0, 0.1) is 17.3 Å². The molecule has 3 rings (SSSR count). The second-order valence-electron chi connectivity index (χ2n) is 7.20. The van der Waals surface area contributed by atoms with Gasteiger partial charge >= 0.3 is 0 Å². The minimum Gasteiger partial charge on any atom is -0.377 e. The van der Waals surface area contributed by atoms with E-state index in [1.165, 1.54) is 25.7 Å². The van der Waals surface area contributed by atoms with Gasteiger partial charge in [0, 0.05) is 37.1 Å². The molecule has 1 heterocycles. The van der Waals surface area contributed by atoms with E-state index in [0.29, 0.717) is 18.1 Å². The Morgan fingerprint density at radius 3 is 2.67 bits per heavy atom. The average Bonchev–Trinajstić information content (AvgIpc) is 2.80. The van der Waals surface area contributed by atoms with Crippen LogP contribution in [0.1, 0.15) is 46.5 Å². The maximum Gasteiger partial charge on any atom is 0.191 e. The highest BCUT2D eigenvalue weighted by Gasteiger charge is 2.59. The lowest BCUT2D eigenvalue weighted by atomic mass is 9.57. The second-order valence-corrected chi connectivity index (χ2v) is 7.20. The van der Waals surface area contributed by atoms with E-state index in [1.807, 2.05) is 0 Å². The molecular weight excluding hydrogens is 377 g/mol. The summed E-state index contributed by atoms with van der Waals surface area (Å²) in [4.78, 5) is 4.79. The van der Waals surface area contributed by atoms with Crippen LogP contribution in [-0.2, 0) is 4.74 Å². The summed E-state index contributed by atoms with van der Waals surface area (Å²) in [5.74, 6) is 2.49. The van der Waals surface area contributed by atoms with Gasteiger partial charge in [-0.3, -0.25) is 4.99 Å². The molecule has 2 aliphatic carbocycles. The van der Waals surface area contributed by atoms with E-state index in [-0.39, 0.29) is 29.4 Å². The third-order valence-corrected chi connectivity index (χ3v) is 5.47. The molecule has 4 nitrogen and oxygen atoms in total. The number of rotatable bonds is 4. The van der Waals surface area contributed by atoms with Gasteiger partial charge in [0.25, 0.3) is 0 Å². The number of nitrogens with zero attached hydrogens (tertiary/aromatic N) is 1. The van der Waals surface area contributed by atoms with Gasteiger partial charge in [-0.15, -0.1) is 24.0 Å². The number of halogens is 1. The average molecular weight is 407 g/mol. The first-order valence-corrected chi connectivity index (χ1v) is 8.29. The molecule has 3 aliphatic rings. The molecule has 1 saturated heterocycles. The Hall–Kier alpha value is -0.0400. The molecule has 2 saturated carbocycles. The van der Waals surface area contributed by atoms with Gasteiger partial charge in [-0.2, -0.15) is 0 Å². The summed E-state index contributed by atoms with van der Waals surface area (Å²) >= 11 is 0. The van der Waals surface area contributed by atoms with Gasteiger partial charge in [-0.05, 0) is 32.1 Å². The largest absolute Gasteiger partial charge is 0.377 e. The third-order valence-electron chi connectivity index (χ3n) is 5.47. The maximum atomic E-state index is 5.86. The molecule has 0 spiro atoms. The molecule has 3 fully saturated rings. The molecule has 0 aromatic carbocycles. The molecule has 3 unspecified atom stereocenters. The van der Waals surface area contributed by atoms with Crippen molar-refractivity contribution in [3.8, 4) is 0 Å². The van der Waals surface area contributed by atoms with Crippen molar-refractivity contribution in [2.75, 3.05) is 19.7 Å². The van der Waals surface area contributed by atoms with E-state index in [2.05, 4.69) is 31.4 Å². The van der Waals surface area contributed by atoms with Gasteiger partial charge in [0.1, 0.15) is 0 Å². The molecule has 2 N–H and O–H groups in total. The van der Waals surface area contributed by atoms with Crippen LogP contribution < -0.4 is 10.6 Å². The molecule has 0 aromatic heterocycles. The summed E-state index contributed by atoms with van der Waals surface area (Å²) in [5, 5.41) is 7.08. The van der Waals surface area contributed by atoms with Crippen molar-refractivity contribution in [2.45, 2.75) is 58.6 Å². The number of ether oxygens (including phenoxy) is 1. The van der Waals surface area contributed by atoms with Gasteiger partial charge in [0.2, 0.25) is 0 Å². The van der Waals surface area contributed by atoms with Crippen molar-refractivity contribution < 1.29 is 4.74 Å². The first kappa shape index (κ1) is 17.3. The van der Waals surface area contributed by atoms with Crippen LogP contribution in [0.25, 0.3) is 0 Å². The van der Waals surface area contributed by atoms with Crippen LogP contribution in [0.3, 0.4) is 0 Å². The van der Waals surface area contributed by atoms with Crippen LogP contribution in [0.4, 0.5) is 0 Å². The molecule has 21 heavy (non-hydrogen) atoms. The molecular formula is C16H30IN3O. The number of fused-ring (bicyclic) bond motifs is 1. The Morgan fingerprint density at radius 1 is 1.29 bits per heavy atom. The van der Waals surface area contributed by atoms with Crippen LogP contribution in [-0.4, -0.2) is 37.8 Å². The quantitative estimate of drug-likeness (QED) is 0.428. The van der Waals surface area contributed by atoms with Crippen molar-refractivity contribution in [1.29, 1.82) is 0 Å². The second kappa shape index (κ2) is 7.02. The van der Waals surface area contributed by atoms with E-state index in [0.717, 1.165) is 31.6 Å². The maximum absolute atomic E-state index is 5.86. The summed E-state index contributed by atoms with van der Waals surface area (Å²) in [6.07, 6.45) is 5.73. The van der Waals surface area contributed by atoms with Gasteiger partial charge < -0.3 is 15.4 Å².